The molecule has 0 aliphatic carbocycles. The van der Waals surface area contributed by atoms with Crippen molar-refractivity contribution in [3.63, 3.8) is 0 Å². The van der Waals surface area contributed by atoms with Gasteiger partial charge in [0.2, 0.25) is 20.0 Å². The third kappa shape index (κ3) is 4.54. The Morgan fingerprint density at radius 3 is 1.27 bits per heavy atom. The molecule has 1 aliphatic heterocycles. The van der Waals surface area contributed by atoms with Crippen molar-refractivity contribution in [2.75, 3.05) is 24.8 Å². The number of aryl methyl sites for hydroxylation is 2. The van der Waals surface area contributed by atoms with Crippen LogP contribution in [0.5, 0.6) is 0 Å². The first-order valence-electron chi connectivity index (χ1n) is 9.40. The van der Waals surface area contributed by atoms with Crippen molar-refractivity contribution >= 4 is 43.2 Å². The lowest BCUT2D eigenvalue weighted by molar-refractivity contribution is 0.167. The van der Waals surface area contributed by atoms with E-state index in [4.69, 9.17) is 23.2 Å². The molecule has 1 fully saturated rings. The molecule has 0 radical (unpaired) electrons. The highest BCUT2D eigenvalue weighted by Gasteiger charge is 2.44. The zero-order valence-electron chi connectivity index (χ0n) is 16.7. The van der Waals surface area contributed by atoms with Crippen molar-refractivity contribution in [3.8, 4) is 0 Å². The van der Waals surface area contributed by atoms with E-state index in [-0.39, 0.29) is 34.6 Å². The molecule has 1 aliphatic rings. The van der Waals surface area contributed by atoms with E-state index in [0.717, 1.165) is 11.1 Å². The van der Waals surface area contributed by atoms with Crippen LogP contribution in [-0.2, 0) is 20.0 Å². The van der Waals surface area contributed by atoms with Gasteiger partial charge in [-0.3, -0.25) is 0 Å². The minimum atomic E-state index is -3.85. The lowest BCUT2D eigenvalue weighted by Crippen LogP contribution is -2.62. The second kappa shape index (κ2) is 9.14. The van der Waals surface area contributed by atoms with Crippen LogP contribution in [0.2, 0.25) is 0 Å². The molecule has 30 heavy (non-hydrogen) atoms. The molecule has 6 nitrogen and oxygen atoms in total. The van der Waals surface area contributed by atoms with Crippen molar-refractivity contribution in [1.82, 2.24) is 8.61 Å². The Morgan fingerprint density at radius 2 is 1.00 bits per heavy atom. The van der Waals surface area contributed by atoms with Crippen molar-refractivity contribution in [3.05, 3.63) is 59.7 Å². The van der Waals surface area contributed by atoms with E-state index in [1.54, 1.807) is 48.5 Å². The van der Waals surface area contributed by atoms with E-state index in [0.29, 0.717) is 0 Å². The summed E-state index contributed by atoms with van der Waals surface area (Å²) in [7, 11) is -7.71. The van der Waals surface area contributed by atoms with Gasteiger partial charge in [-0.05, 0) is 38.1 Å². The molecule has 10 heteroatoms. The second-order valence-electron chi connectivity index (χ2n) is 7.39. The van der Waals surface area contributed by atoms with Gasteiger partial charge in [0, 0.05) is 24.8 Å². The van der Waals surface area contributed by atoms with Crippen LogP contribution >= 0.6 is 23.2 Å². The Morgan fingerprint density at radius 1 is 0.700 bits per heavy atom. The second-order valence-corrected chi connectivity index (χ2v) is 11.8. The highest BCUT2D eigenvalue weighted by atomic mass is 35.5. The molecule has 0 aromatic heterocycles. The molecular weight excluding hydrogens is 467 g/mol. The summed E-state index contributed by atoms with van der Waals surface area (Å²) in [6.07, 6.45) is 0. The maximum Gasteiger partial charge on any atom is 0.243 e. The lowest BCUT2D eigenvalue weighted by Gasteiger charge is -2.43. The Kier molecular flexibility index (Phi) is 7.16. The van der Waals surface area contributed by atoms with E-state index in [1.807, 2.05) is 13.8 Å². The maximum atomic E-state index is 13.2. The normalized spacial score (nSPS) is 21.6. The topological polar surface area (TPSA) is 74.8 Å². The van der Waals surface area contributed by atoms with Gasteiger partial charge in [0.05, 0.1) is 21.9 Å². The summed E-state index contributed by atoms with van der Waals surface area (Å²) in [4.78, 5) is 0.290. The molecule has 0 saturated carbocycles. The summed E-state index contributed by atoms with van der Waals surface area (Å²) in [6.45, 7) is 3.61. The van der Waals surface area contributed by atoms with Crippen LogP contribution in [0.25, 0.3) is 0 Å². The molecule has 0 N–H and O–H groups in total. The molecule has 1 heterocycles. The first kappa shape index (κ1) is 23.5. The van der Waals surface area contributed by atoms with Crippen LogP contribution in [0.15, 0.2) is 58.3 Å². The highest BCUT2D eigenvalue weighted by Crippen LogP contribution is 2.29. The van der Waals surface area contributed by atoms with E-state index >= 15 is 0 Å². The van der Waals surface area contributed by atoms with E-state index < -0.39 is 32.1 Å². The smallest absolute Gasteiger partial charge is 0.207 e. The fourth-order valence-corrected chi connectivity index (χ4v) is 7.42. The molecule has 3 rings (SSSR count). The average molecular weight is 491 g/mol. The highest BCUT2D eigenvalue weighted by molar-refractivity contribution is 7.89. The summed E-state index contributed by atoms with van der Waals surface area (Å²) in [5, 5.41) is 0. The Hall–Kier alpha value is -1.16. The van der Waals surface area contributed by atoms with E-state index in [2.05, 4.69) is 0 Å². The number of alkyl halides is 2. The predicted octanol–water partition coefficient (Wildman–Crippen LogP) is 3.21. The molecule has 2 aromatic rings. The molecule has 0 bridgehead atoms. The fourth-order valence-electron chi connectivity index (χ4n) is 3.43. The Bertz CT molecular complexity index is 999. The maximum absolute atomic E-state index is 13.2. The fraction of sp³-hybridized carbons (Fsp3) is 0.400. The Balaban J connectivity index is 1.96. The number of rotatable bonds is 6. The molecule has 2 atom stereocenters. The molecule has 1 saturated heterocycles. The minimum Gasteiger partial charge on any atom is -0.207 e. The summed E-state index contributed by atoms with van der Waals surface area (Å²) in [5.41, 5.74) is 1.88. The largest absolute Gasteiger partial charge is 0.243 e. The molecule has 0 spiro atoms. The van der Waals surface area contributed by atoms with Gasteiger partial charge >= 0.3 is 0 Å². The van der Waals surface area contributed by atoms with Crippen LogP contribution < -0.4 is 0 Å². The van der Waals surface area contributed by atoms with Gasteiger partial charge in [-0.15, -0.1) is 23.2 Å². The van der Waals surface area contributed by atoms with Gasteiger partial charge in [-0.1, -0.05) is 35.4 Å². The third-order valence-electron chi connectivity index (χ3n) is 5.21. The first-order valence-corrected chi connectivity index (χ1v) is 13.3. The summed E-state index contributed by atoms with van der Waals surface area (Å²) in [5.74, 6) is -0.0833. The zero-order valence-corrected chi connectivity index (χ0v) is 19.8. The van der Waals surface area contributed by atoms with Gasteiger partial charge < -0.3 is 0 Å². The molecule has 2 aromatic carbocycles. The average Bonchev–Trinajstić information content (AvgIpc) is 2.73. The first-order chi connectivity index (χ1) is 14.1. The quantitative estimate of drug-likeness (QED) is 0.582. The number of hydrogen-bond donors (Lipinski definition) is 0. The number of sulfonamides is 2. The standard InChI is InChI=1S/C20H24Cl2N2O4S2/c1-15-3-7-19(8-4-15)29(25,26)23-13-18(12-22)24(14-17(23)11-21)30(27,28)20-9-5-16(2)6-10-20/h3-10,17-18H,11-14H2,1-2H3/t17-,18+. The molecular formula is C20H24Cl2N2O4S2. The van der Waals surface area contributed by atoms with E-state index in [1.165, 1.54) is 8.61 Å². The third-order valence-corrected chi connectivity index (χ3v) is 9.78. The van der Waals surface area contributed by atoms with Gasteiger partial charge in [-0.2, -0.15) is 8.61 Å². The molecule has 0 unspecified atom stereocenters. The number of halogens is 2. The van der Waals surface area contributed by atoms with Gasteiger partial charge in [0.25, 0.3) is 0 Å². The van der Waals surface area contributed by atoms with Crippen LogP contribution in [0, 0.1) is 13.8 Å². The number of hydrogen-bond acceptors (Lipinski definition) is 4. The summed E-state index contributed by atoms with van der Waals surface area (Å²) < 4.78 is 55.6. The number of nitrogens with zero attached hydrogens (tertiary/aromatic N) is 2. The van der Waals surface area contributed by atoms with Crippen LogP contribution in [0.3, 0.4) is 0 Å². The van der Waals surface area contributed by atoms with Gasteiger partial charge in [0.1, 0.15) is 0 Å². The SMILES string of the molecule is Cc1ccc(S(=O)(=O)N2C[C@H](CCl)N(S(=O)(=O)c3ccc(C)cc3)C[C@H]2CCl)cc1. The van der Waals surface area contributed by atoms with Crippen molar-refractivity contribution in [2.45, 2.75) is 35.7 Å². The summed E-state index contributed by atoms with van der Waals surface area (Å²) >= 11 is 12.2. The van der Waals surface area contributed by atoms with Crippen molar-refractivity contribution in [1.29, 1.82) is 0 Å². The van der Waals surface area contributed by atoms with Crippen LogP contribution in [0.4, 0.5) is 0 Å². The minimum absolute atomic E-state index is 0.0417. The van der Waals surface area contributed by atoms with Gasteiger partial charge in [0.15, 0.2) is 0 Å². The number of benzene rings is 2. The predicted molar refractivity (Wildman–Crippen MR) is 119 cm³/mol. The van der Waals surface area contributed by atoms with Crippen molar-refractivity contribution in [2.24, 2.45) is 0 Å². The van der Waals surface area contributed by atoms with Crippen molar-refractivity contribution < 1.29 is 16.8 Å². The lowest BCUT2D eigenvalue weighted by atomic mass is 10.2. The molecule has 0 amide bonds. The van der Waals surface area contributed by atoms with Gasteiger partial charge in [-0.25, -0.2) is 16.8 Å². The monoisotopic (exact) mass is 490 g/mol. The summed E-state index contributed by atoms with van der Waals surface area (Å²) in [6, 6.07) is 11.6. The van der Waals surface area contributed by atoms with E-state index in [9.17, 15) is 16.8 Å². The number of piperazine rings is 1. The van der Waals surface area contributed by atoms with Crippen LogP contribution in [-0.4, -0.2) is 62.4 Å². The zero-order chi connectivity index (χ0) is 22.1. The molecule has 164 valence electrons. The van der Waals surface area contributed by atoms with Crippen LogP contribution in [0.1, 0.15) is 11.1 Å². The Labute approximate surface area is 188 Å².